The van der Waals surface area contributed by atoms with Crippen molar-refractivity contribution >= 4 is 60.4 Å². The van der Waals surface area contributed by atoms with Crippen LogP contribution in [0.5, 0.6) is 0 Å². The highest BCUT2D eigenvalue weighted by Crippen LogP contribution is 2.29. The van der Waals surface area contributed by atoms with Crippen molar-refractivity contribution in [2.75, 3.05) is 4.55 Å². The lowest BCUT2D eigenvalue weighted by Crippen LogP contribution is -2.30. The second kappa shape index (κ2) is 4.66. The van der Waals surface area contributed by atoms with E-state index in [1.54, 1.807) is 9.70 Å². The second-order valence-electron chi connectivity index (χ2n) is 3.10. The van der Waals surface area contributed by atoms with Crippen LogP contribution in [0.4, 0.5) is 0 Å². The number of hydrogen-bond donors (Lipinski definition) is 0. The van der Waals surface area contributed by atoms with Crippen LogP contribution in [-0.4, -0.2) is 30.4 Å². The number of amides is 1. The van der Waals surface area contributed by atoms with Crippen molar-refractivity contribution in [2.24, 2.45) is 0 Å². The smallest absolute Gasteiger partial charge is 0.225 e. The Kier molecular flexibility index (Phi) is 3.66. The van der Waals surface area contributed by atoms with E-state index in [9.17, 15) is 4.79 Å². The van der Waals surface area contributed by atoms with Crippen LogP contribution >= 0.6 is 54.5 Å². The fourth-order valence-corrected chi connectivity index (χ4v) is 2.84. The fraction of sp³-hybridized carbons (Fsp3) is 0.571. The Morgan fingerprint density at radius 3 is 2.53 bits per heavy atom. The molecular formula is C7H7Br2IN4O. The summed E-state index contributed by atoms with van der Waals surface area (Å²) in [4.78, 5) is 14.9. The molecule has 1 aliphatic rings. The van der Waals surface area contributed by atoms with Crippen molar-refractivity contribution in [2.45, 2.75) is 19.0 Å². The molecule has 8 heteroatoms. The Labute approximate surface area is 117 Å². The summed E-state index contributed by atoms with van der Waals surface area (Å²) in [5, 5.41) is 8.41. The van der Waals surface area contributed by atoms with Crippen LogP contribution in [0.2, 0.25) is 0 Å². The zero-order valence-corrected chi connectivity index (χ0v) is 12.9. The summed E-state index contributed by atoms with van der Waals surface area (Å²) >= 11 is 8.72. The largest absolute Gasteiger partial charge is 0.309 e. The third kappa shape index (κ3) is 2.21. The quantitative estimate of drug-likeness (QED) is 0.395. The minimum Gasteiger partial charge on any atom is -0.309 e. The van der Waals surface area contributed by atoms with Crippen molar-refractivity contribution in [1.29, 1.82) is 0 Å². The molecule has 82 valence electrons. The van der Waals surface area contributed by atoms with Gasteiger partial charge in [-0.15, -0.1) is 10.2 Å². The lowest BCUT2D eigenvalue weighted by molar-refractivity contribution is -0.129. The molecule has 1 fully saturated rings. The number of carbonyl (C=O) groups is 1. The van der Waals surface area contributed by atoms with Crippen LogP contribution in [0.25, 0.3) is 0 Å². The van der Waals surface area contributed by atoms with Crippen molar-refractivity contribution < 1.29 is 4.79 Å². The van der Waals surface area contributed by atoms with Gasteiger partial charge in [-0.2, -0.15) is 4.80 Å². The van der Waals surface area contributed by atoms with Gasteiger partial charge in [-0.25, -0.2) is 0 Å². The molecule has 1 amide bonds. The molecule has 1 aromatic rings. The van der Waals surface area contributed by atoms with Crippen LogP contribution in [0.3, 0.4) is 0 Å². The first kappa shape index (κ1) is 11.8. The van der Waals surface area contributed by atoms with E-state index in [0.29, 0.717) is 20.2 Å². The lowest BCUT2D eigenvalue weighted by Gasteiger charge is -2.20. The van der Waals surface area contributed by atoms with Gasteiger partial charge >= 0.3 is 0 Å². The van der Waals surface area contributed by atoms with Crippen molar-refractivity contribution in [3.05, 3.63) is 9.21 Å². The standard InChI is InChI=1S/C7H7Br2IN4O/c8-6-7(9)12-14(11-6)4-1-2-5(15)13(4)3-10/h4H,1-3H2. The number of hydrogen-bond acceptors (Lipinski definition) is 3. The zero-order valence-electron chi connectivity index (χ0n) is 7.53. The molecule has 0 saturated carbocycles. The van der Waals surface area contributed by atoms with Gasteiger partial charge in [-0.05, 0) is 38.3 Å². The van der Waals surface area contributed by atoms with E-state index in [1.165, 1.54) is 0 Å². The van der Waals surface area contributed by atoms with Gasteiger partial charge in [0.1, 0.15) is 6.17 Å². The molecule has 0 spiro atoms. The van der Waals surface area contributed by atoms with Crippen molar-refractivity contribution in [3.63, 3.8) is 0 Å². The highest BCUT2D eigenvalue weighted by molar-refractivity contribution is 14.1. The van der Waals surface area contributed by atoms with Crippen LogP contribution in [0, 0.1) is 0 Å². The van der Waals surface area contributed by atoms with E-state index >= 15 is 0 Å². The first-order valence-electron chi connectivity index (χ1n) is 4.26. The number of halogens is 3. The number of carbonyl (C=O) groups excluding carboxylic acids is 1. The third-order valence-electron chi connectivity index (χ3n) is 2.24. The summed E-state index contributed by atoms with van der Waals surface area (Å²) in [7, 11) is 0. The van der Waals surface area contributed by atoms with E-state index < -0.39 is 0 Å². The summed E-state index contributed by atoms with van der Waals surface area (Å²) < 4.78 is 1.99. The predicted octanol–water partition coefficient (Wildman–Crippen LogP) is 2.32. The molecule has 1 aliphatic heterocycles. The monoisotopic (exact) mass is 448 g/mol. The van der Waals surface area contributed by atoms with Crippen molar-refractivity contribution in [1.82, 2.24) is 19.9 Å². The summed E-state index contributed by atoms with van der Waals surface area (Å²) in [6.07, 6.45) is 1.30. The summed E-state index contributed by atoms with van der Waals surface area (Å²) in [5.41, 5.74) is 0. The lowest BCUT2D eigenvalue weighted by atomic mass is 10.3. The number of alkyl halides is 1. The Balaban J connectivity index is 2.27. The third-order valence-corrected chi connectivity index (χ3v) is 4.58. The maximum absolute atomic E-state index is 11.5. The fourth-order valence-electron chi connectivity index (χ4n) is 1.52. The summed E-state index contributed by atoms with van der Waals surface area (Å²) in [6.45, 7) is 0. The van der Waals surface area contributed by atoms with Crippen LogP contribution in [0.1, 0.15) is 19.0 Å². The number of aromatic nitrogens is 3. The highest BCUT2D eigenvalue weighted by atomic mass is 127. The Bertz CT molecular complexity index is 377. The second-order valence-corrected chi connectivity index (χ2v) is 5.29. The van der Waals surface area contributed by atoms with Gasteiger partial charge in [0.05, 0.1) is 4.55 Å². The Morgan fingerprint density at radius 2 is 2.00 bits per heavy atom. The average molecular weight is 450 g/mol. The molecule has 0 aromatic carbocycles. The Morgan fingerprint density at radius 1 is 1.40 bits per heavy atom. The molecule has 5 nitrogen and oxygen atoms in total. The molecular weight excluding hydrogens is 443 g/mol. The molecule has 1 saturated heterocycles. The van der Waals surface area contributed by atoms with Gasteiger partial charge in [-0.3, -0.25) is 4.79 Å². The van der Waals surface area contributed by atoms with E-state index in [1.807, 2.05) is 0 Å². The van der Waals surface area contributed by atoms with E-state index in [4.69, 9.17) is 0 Å². The van der Waals surface area contributed by atoms with E-state index in [2.05, 4.69) is 64.6 Å². The molecule has 15 heavy (non-hydrogen) atoms. The maximum atomic E-state index is 11.5. The zero-order chi connectivity index (χ0) is 11.0. The SMILES string of the molecule is O=C1CCC(n2nc(Br)c(Br)n2)N1CI. The van der Waals surface area contributed by atoms with Crippen LogP contribution in [0.15, 0.2) is 9.21 Å². The molecule has 1 atom stereocenters. The minimum atomic E-state index is -0.0444. The average Bonchev–Trinajstić information content (AvgIpc) is 2.71. The molecule has 2 heterocycles. The molecule has 0 bridgehead atoms. The minimum absolute atomic E-state index is 0.0444. The van der Waals surface area contributed by atoms with Gasteiger partial charge in [0.2, 0.25) is 5.91 Å². The number of nitrogens with zero attached hydrogens (tertiary/aromatic N) is 4. The van der Waals surface area contributed by atoms with Gasteiger partial charge in [0.25, 0.3) is 0 Å². The first-order valence-corrected chi connectivity index (χ1v) is 7.38. The van der Waals surface area contributed by atoms with E-state index in [0.717, 1.165) is 6.42 Å². The van der Waals surface area contributed by atoms with Crippen LogP contribution < -0.4 is 0 Å². The summed E-state index contributed by atoms with van der Waals surface area (Å²) in [5.74, 6) is 0.166. The van der Waals surface area contributed by atoms with Gasteiger partial charge in [0.15, 0.2) is 9.21 Å². The number of likely N-dealkylation sites (tertiary alicyclic amines) is 1. The van der Waals surface area contributed by atoms with Crippen LogP contribution in [-0.2, 0) is 4.79 Å². The first-order chi connectivity index (χ1) is 7.13. The molecule has 2 rings (SSSR count). The maximum Gasteiger partial charge on any atom is 0.225 e. The normalized spacial score (nSPS) is 21.4. The van der Waals surface area contributed by atoms with Crippen molar-refractivity contribution in [3.8, 4) is 0 Å². The van der Waals surface area contributed by atoms with Gasteiger partial charge < -0.3 is 4.90 Å². The molecule has 0 aliphatic carbocycles. The topological polar surface area (TPSA) is 51.0 Å². The highest BCUT2D eigenvalue weighted by Gasteiger charge is 2.33. The predicted molar refractivity (Wildman–Crippen MR) is 69.4 cm³/mol. The van der Waals surface area contributed by atoms with Gasteiger partial charge in [0, 0.05) is 6.42 Å². The molecule has 1 aromatic heterocycles. The molecule has 0 N–H and O–H groups in total. The molecule has 0 radical (unpaired) electrons. The Hall–Kier alpha value is 0.300. The van der Waals surface area contributed by atoms with Gasteiger partial charge in [-0.1, -0.05) is 22.6 Å². The molecule has 1 unspecified atom stereocenters. The number of rotatable bonds is 2. The summed E-state index contributed by atoms with van der Waals surface area (Å²) in [6, 6.07) is 0. The van der Waals surface area contributed by atoms with E-state index in [-0.39, 0.29) is 12.1 Å².